The molecule has 4 N–H and O–H groups in total. The normalized spacial score (nSPS) is 13.0. The second-order valence-electron chi connectivity index (χ2n) is 8.02. The Labute approximate surface area is 191 Å². The van der Waals surface area contributed by atoms with Crippen molar-refractivity contribution >= 4 is 22.7 Å². The van der Waals surface area contributed by atoms with Crippen molar-refractivity contribution in [2.45, 2.75) is 19.4 Å². The number of carbonyl (C=O) groups excluding carboxylic acids is 2. The number of aromatic nitrogens is 2. The second-order valence-corrected chi connectivity index (χ2v) is 8.02. The minimum Gasteiger partial charge on any atom is -0.492 e. The molecule has 0 atom stereocenters. The molecule has 1 fully saturated rings. The SMILES string of the molecule is NCC(=O)NCCOc1ccc2nc(-c3ccccc3)n(CC(=O)NCC3CC3)c(=O)c2c1. The van der Waals surface area contributed by atoms with Gasteiger partial charge in [0, 0.05) is 12.1 Å². The monoisotopic (exact) mass is 449 g/mol. The summed E-state index contributed by atoms with van der Waals surface area (Å²) in [5.41, 5.74) is 6.20. The third-order valence-electron chi connectivity index (χ3n) is 5.42. The summed E-state index contributed by atoms with van der Waals surface area (Å²) in [6.45, 7) is 0.956. The number of ether oxygens (including phenoxy) is 1. The largest absolute Gasteiger partial charge is 0.492 e. The van der Waals surface area contributed by atoms with Crippen molar-refractivity contribution in [2.24, 2.45) is 11.7 Å². The lowest BCUT2D eigenvalue weighted by molar-refractivity contribution is -0.122. The molecule has 172 valence electrons. The maximum Gasteiger partial charge on any atom is 0.262 e. The molecule has 1 saturated carbocycles. The van der Waals surface area contributed by atoms with Gasteiger partial charge in [0.25, 0.3) is 5.56 Å². The van der Waals surface area contributed by atoms with E-state index in [1.165, 1.54) is 4.57 Å². The molecule has 9 heteroatoms. The van der Waals surface area contributed by atoms with E-state index in [1.807, 2.05) is 30.3 Å². The van der Waals surface area contributed by atoms with E-state index >= 15 is 0 Å². The van der Waals surface area contributed by atoms with Gasteiger partial charge in [-0.1, -0.05) is 30.3 Å². The lowest BCUT2D eigenvalue weighted by Crippen LogP contribution is -2.34. The van der Waals surface area contributed by atoms with E-state index in [0.29, 0.717) is 41.5 Å². The molecule has 2 aromatic carbocycles. The zero-order chi connectivity index (χ0) is 23.2. The number of benzene rings is 2. The van der Waals surface area contributed by atoms with Gasteiger partial charge in [0.1, 0.15) is 24.7 Å². The zero-order valence-electron chi connectivity index (χ0n) is 18.3. The Hall–Kier alpha value is -3.72. The highest BCUT2D eigenvalue weighted by molar-refractivity contribution is 5.83. The van der Waals surface area contributed by atoms with Crippen LogP contribution in [0.3, 0.4) is 0 Å². The van der Waals surface area contributed by atoms with Crippen molar-refractivity contribution in [1.82, 2.24) is 20.2 Å². The van der Waals surface area contributed by atoms with Crippen LogP contribution in [-0.2, 0) is 16.1 Å². The summed E-state index contributed by atoms with van der Waals surface area (Å²) in [6, 6.07) is 14.4. The highest BCUT2D eigenvalue weighted by atomic mass is 16.5. The Kier molecular flexibility index (Phi) is 6.99. The summed E-state index contributed by atoms with van der Waals surface area (Å²) < 4.78 is 7.07. The molecular weight excluding hydrogens is 422 g/mol. The van der Waals surface area contributed by atoms with Gasteiger partial charge >= 0.3 is 0 Å². The van der Waals surface area contributed by atoms with Crippen LogP contribution in [0, 0.1) is 5.92 Å². The molecule has 0 bridgehead atoms. The van der Waals surface area contributed by atoms with E-state index < -0.39 is 0 Å². The van der Waals surface area contributed by atoms with Crippen LogP contribution in [0.15, 0.2) is 53.3 Å². The number of fused-ring (bicyclic) bond motifs is 1. The zero-order valence-corrected chi connectivity index (χ0v) is 18.3. The molecule has 0 radical (unpaired) electrons. The highest BCUT2D eigenvalue weighted by Crippen LogP contribution is 2.27. The number of nitrogens with one attached hydrogen (secondary N) is 2. The first-order valence-electron chi connectivity index (χ1n) is 11.0. The molecule has 2 amide bonds. The number of rotatable bonds is 10. The molecule has 33 heavy (non-hydrogen) atoms. The van der Waals surface area contributed by atoms with Crippen molar-refractivity contribution in [3.8, 4) is 17.1 Å². The van der Waals surface area contributed by atoms with Gasteiger partial charge in [-0.15, -0.1) is 0 Å². The van der Waals surface area contributed by atoms with E-state index in [9.17, 15) is 14.4 Å². The van der Waals surface area contributed by atoms with Crippen LogP contribution in [-0.4, -0.2) is 47.6 Å². The average Bonchev–Trinajstić information content (AvgIpc) is 3.67. The van der Waals surface area contributed by atoms with Gasteiger partial charge < -0.3 is 21.1 Å². The average molecular weight is 450 g/mol. The van der Waals surface area contributed by atoms with Gasteiger partial charge in [-0.3, -0.25) is 19.0 Å². The lowest BCUT2D eigenvalue weighted by Gasteiger charge is -2.14. The topological polar surface area (TPSA) is 128 Å². The Morgan fingerprint density at radius 3 is 2.61 bits per heavy atom. The fourth-order valence-electron chi connectivity index (χ4n) is 3.46. The van der Waals surface area contributed by atoms with Gasteiger partial charge in [-0.2, -0.15) is 0 Å². The number of hydrogen-bond donors (Lipinski definition) is 3. The molecule has 1 aliphatic rings. The number of amides is 2. The van der Waals surface area contributed by atoms with E-state index in [4.69, 9.17) is 15.5 Å². The van der Waals surface area contributed by atoms with Crippen molar-refractivity contribution in [3.63, 3.8) is 0 Å². The summed E-state index contributed by atoms with van der Waals surface area (Å²) >= 11 is 0. The molecule has 9 nitrogen and oxygen atoms in total. The standard InChI is InChI=1S/C24H27N5O4/c25-13-21(30)26-10-11-33-18-8-9-20-19(12-18)24(32)29(15-22(31)27-14-16-6-7-16)23(28-20)17-4-2-1-3-5-17/h1-5,8-9,12,16H,6-7,10-11,13-15,25H2,(H,26,30)(H,27,31). The highest BCUT2D eigenvalue weighted by Gasteiger charge is 2.22. The van der Waals surface area contributed by atoms with Gasteiger partial charge in [0.15, 0.2) is 0 Å². The van der Waals surface area contributed by atoms with Crippen LogP contribution < -0.4 is 26.7 Å². The predicted molar refractivity (Wildman–Crippen MR) is 125 cm³/mol. The fraction of sp³-hybridized carbons (Fsp3) is 0.333. The summed E-state index contributed by atoms with van der Waals surface area (Å²) in [5.74, 6) is 0.972. The molecule has 1 aliphatic carbocycles. The Balaban J connectivity index is 1.62. The third kappa shape index (κ3) is 5.75. The molecule has 1 aromatic heterocycles. The van der Waals surface area contributed by atoms with Crippen LogP contribution in [0.1, 0.15) is 12.8 Å². The van der Waals surface area contributed by atoms with Crippen molar-refractivity contribution in [3.05, 3.63) is 58.9 Å². The van der Waals surface area contributed by atoms with E-state index in [-0.39, 0.29) is 37.1 Å². The van der Waals surface area contributed by atoms with Crippen molar-refractivity contribution in [2.75, 3.05) is 26.2 Å². The lowest BCUT2D eigenvalue weighted by atomic mass is 10.1. The smallest absolute Gasteiger partial charge is 0.262 e. The molecule has 1 heterocycles. The van der Waals surface area contributed by atoms with E-state index in [0.717, 1.165) is 18.4 Å². The molecular formula is C24H27N5O4. The molecule has 4 rings (SSSR count). The van der Waals surface area contributed by atoms with Crippen LogP contribution in [0.2, 0.25) is 0 Å². The van der Waals surface area contributed by atoms with Crippen LogP contribution in [0.4, 0.5) is 0 Å². The molecule has 0 spiro atoms. The molecule has 3 aromatic rings. The summed E-state index contributed by atoms with van der Waals surface area (Å²) in [6.07, 6.45) is 2.26. The fourth-order valence-corrected chi connectivity index (χ4v) is 3.46. The molecule has 0 unspecified atom stereocenters. The summed E-state index contributed by atoms with van der Waals surface area (Å²) in [7, 11) is 0. The number of nitrogens with two attached hydrogens (primary N) is 1. The Morgan fingerprint density at radius 1 is 1.09 bits per heavy atom. The first-order valence-corrected chi connectivity index (χ1v) is 11.0. The predicted octanol–water partition coefficient (Wildman–Crippen LogP) is 1.04. The van der Waals surface area contributed by atoms with Crippen LogP contribution in [0.25, 0.3) is 22.3 Å². The molecule has 0 aliphatic heterocycles. The Morgan fingerprint density at radius 2 is 1.88 bits per heavy atom. The van der Waals surface area contributed by atoms with Gasteiger partial charge in [0.2, 0.25) is 11.8 Å². The second kappa shape index (κ2) is 10.3. The van der Waals surface area contributed by atoms with Crippen LogP contribution >= 0.6 is 0 Å². The van der Waals surface area contributed by atoms with Gasteiger partial charge in [-0.05, 0) is 37.0 Å². The van der Waals surface area contributed by atoms with E-state index in [1.54, 1.807) is 18.2 Å². The Bertz CT molecular complexity index is 1200. The van der Waals surface area contributed by atoms with Gasteiger partial charge in [0.05, 0.1) is 24.0 Å². The summed E-state index contributed by atoms with van der Waals surface area (Å²) in [5, 5.41) is 5.89. The van der Waals surface area contributed by atoms with Crippen molar-refractivity contribution in [1.29, 1.82) is 0 Å². The first-order chi connectivity index (χ1) is 16.0. The maximum atomic E-state index is 13.4. The number of nitrogens with zero attached hydrogens (tertiary/aromatic N) is 2. The molecule has 0 saturated heterocycles. The third-order valence-corrected chi connectivity index (χ3v) is 5.42. The minimum absolute atomic E-state index is 0.0842. The van der Waals surface area contributed by atoms with Gasteiger partial charge in [-0.25, -0.2) is 4.98 Å². The maximum absolute atomic E-state index is 13.4. The number of hydrogen-bond acceptors (Lipinski definition) is 6. The van der Waals surface area contributed by atoms with Crippen molar-refractivity contribution < 1.29 is 14.3 Å². The minimum atomic E-state index is -0.317. The van der Waals surface area contributed by atoms with E-state index in [2.05, 4.69) is 10.6 Å². The first kappa shape index (κ1) is 22.5. The summed E-state index contributed by atoms with van der Waals surface area (Å²) in [4.78, 5) is 41.9. The quantitative estimate of drug-likeness (QED) is 0.397. The van der Waals surface area contributed by atoms with Crippen LogP contribution in [0.5, 0.6) is 5.75 Å². The number of carbonyl (C=O) groups is 2.